The highest BCUT2D eigenvalue weighted by Crippen LogP contribution is 2.22. The molecule has 0 aliphatic heterocycles. The monoisotopic (exact) mass is 286 g/mol. The van der Waals surface area contributed by atoms with E-state index in [0.29, 0.717) is 4.99 Å². The van der Waals surface area contributed by atoms with Crippen molar-refractivity contribution in [3.8, 4) is 5.75 Å². The summed E-state index contributed by atoms with van der Waals surface area (Å²) in [5, 5.41) is 3.37. The van der Waals surface area contributed by atoms with Gasteiger partial charge in [0.1, 0.15) is 10.7 Å². The van der Waals surface area contributed by atoms with Crippen molar-refractivity contribution < 1.29 is 4.74 Å². The second-order valence-corrected chi connectivity index (χ2v) is 4.88. The second kappa shape index (κ2) is 6.91. The Bertz CT molecular complexity index is 584. The van der Waals surface area contributed by atoms with Crippen molar-refractivity contribution in [2.24, 2.45) is 5.73 Å². The first kappa shape index (κ1) is 14.3. The Labute approximate surface area is 124 Å². The minimum atomic E-state index is 0.384. The van der Waals surface area contributed by atoms with Crippen LogP contribution in [-0.2, 0) is 6.42 Å². The molecular weight excluding hydrogens is 268 g/mol. The van der Waals surface area contributed by atoms with Gasteiger partial charge in [0, 0.05) is 23.9 Å². The molecule has 0 heterocycles. The quantitative estimate of drug-likeness (QED) is 0.802. The van der Waals surface area contributed by atoms with Gasteiger partial charge in [0.15, 0.2) is 0 Å². The summed E-state index contributed by atoms with van der Waals surface area (Å²) in [6.07, 6.45) is 0.939. The Hall–Kier alpha value is -2.07. The normalized spacial score (nSPS) is 10.1. The summed E-state index contributed by atoms with van der Waals surface area (Å²) >= 11 is 5.07. The molecule has 0 aliphatic carbocycles. The first-order valence-corrected chi connectivity index (χ1v) is 6.87. The van der Waals surface area contributed by atoms with Crippen molar-refractivity contribution in [1.82, 2.24) is 0 Å². The van der Waals surface area contributed by atoms with Gasteiger partial charge in [-0.25, -0.2) is 0 Å². The van der Waals surface area contributed by atoms with Crippen molar-refractivity contribution in [3.05, 3.63) is 59.7 Å². The van der Waals surface area contributed by atoms with E-state index < -0.39 is 0 Å². The van der Waals surface area contributed by atoms with E-state index in [1.807, 2.05) is 36.4 Å². The lowest BCUT2D eigenvalue weighted by molar-refractivity contribution is 0.415. The van der Waals surface area contributed by atoms with Crippen LogP contribution in [0, 0.1) is 0 Å². The van der Waals surface area contributed by atoms with Crippen LogP contribution in [0.2, 0.25) is 0 Å². The van der Waals surface area contributed by atoms with Crippen molar-refractivity contribution in [3.63, 3.8) is 0 Å². The van der Waals surface area contributed by atoms with E-state index in [1.54, 1.807) is 7.11 Å². The molecule has 0 atom stereocenters. The second-order valence-electron chi connectivity index (χ2n) is 4.44. The molecule has 0 spiro atoms. The third-order valence-electron chi connectivity index (χ3n) is 3.06. The van der Waals surface area contributed by atoms with Crippen molar-refractivity contribution >= 4 is 22.9 Å². The van der Waals surface area contributed by atoms with Crippen LogP contribution in [0.25, 0.3) is 0 Å². The van der Waals surface area contributed by atoms with E-state index in [9.17, 15) is 0 Å². The molecule has 2 aromatic carbocycles. The molecule has 0 unspecified atom stereocenters. The SMILES string of the molecule is COc1ccc(C(N)=S)c(NCCc2ccccc2)c1. The van der Waals surface area contributed by atoms with E-state index in [1.165, 1.54) is 5.56 Å². The number of anilines is 1. The summed E-state index contributed by atoms with van der Waals surface area (Å²) in [5.41, 5.74) is 8.78. The minimum Gasteiger partial charge on any atom is -0.497 e. The van der Waals surface area contributed by atoms with E-state index in [4.69, 9.17) is 22.7 Å². The van der Waals surface area contributed by atoms with Gasteiger partial charge in [-0.2, -0.15) is 0 Å². The zero-order valence-corrected chi connectivity index (χ0v) is 12.2. The third-order valence-corrected chi connectivity index (χ3v) is 3.28. The molecule has 3 nitrogen and oxygen atoms in total. The number of methoxy groups -OCH3 is 1. The largest absolute Gasteiger partial charge is 0.497 e. The van der Waals surface area contributed by atoms with Gasteiger partial charge in [-0.3, -0.25) is 0 Å². The highest BCUT2D eigenvalue weighted by Gasteiger charge is 2.06. The molecule has 0 saturated carbocycles. The van der Waals surface area contributed by atoms with E-state index in [-0.39, 0.29) is 0 Å². The molecule has 0 radical (unpaired) electrons. The molecule has 0 aliphatic rings. The Kier molecular flexibility index (Phi) is 4.96. The lowest BCUT2D eigenvalue weighted by Crippen LogP contribution is -2.14. The number of ether oxygens (including phenoxy) is 1. The number of benzene rings is 2. The first-order valence-electron chi connectivity index (χ1n) is 6.46. The molecule has 0 amide bonds. The van der Waals surface area contributed by atoms with Crippen molar-refractivity contribution in [2.45, 2.75) is 6.42 Å². The van der Waals surface area contributed by atoms with Crippen LogP contribution in [-0.4, -0.2) is 18.6 Å². The molecule has 20 heavy (non-hydrogen) atoms. The van der Waals surface area contributed by atoms with Crippen molar-refractivity contribution in [1.29, 1.82) is 0 Å². The third kappa shape index (κ3) is 3.71. The molecule has 0 fully saturated rings. The van der Waals surface area contributed by atoms with Crippen LogP contribution in [0.4, 0.5) is 5.69 Å². The molecule has 104 valence electrons. The van der Waals surface area contributed by atoms with E-state index in [2.05, 4.69) is 17.4 Å². The summed E-state index contributed by atoms with van der Waals surface area (Å²) in [6, 6.07) is 16.0. The topological polar surface area (TPSA) is 47.3 Å². The standard InChI is InChI=1S/C16H18N2OS/c1-19-13-7-8-14(16(17)20)15(11-13)18-10-9-12-5-3-2-4-6-12/h2-8,11,18H,9-10H2,1H3,(H2,17,20). The maximum Gasteiger partial charge on any atom is 0.120 e. The van der Waals surface area contributed by atoms with Gasteiger partial charge in [0.2, 0.25) is 0 Å². The van der Waals surface area contributed by atoms with Gasteiger partial charge in [0.25, 0.3) is 0 Å². The van der Waals surface area contributed by atoms with Crippen LogP contribution < -0.4 is 15.8 Å². The van der Waals surface area contributed by atoms with Crippen LogP contribution in [0.3, 0.4) is 0 Å². The summed E-state index contributed by atoms with van der Waals surface area (Å²) in [4.78, 5) is 0.384. The average molecular weight is 286 g/mol. The van der Waals surface area contributed by atoms with Gasteiger partial charge in [-0.15, -0.1) is 0 Å². The zero-order chi connectivity index (χ0) is 14.4. The number of nitrogens with one attached hydrogen (secondary N) is 1. The van der Waals surface area contributed by atoms with E-state index in [0.717, 1.165) is 30.0 Å². The maximum absolute atomic E-state index is 5.74. The lowest BCUT2D eigenvalue weighted by atomic mass is 10.1. The van der Waals surface area contributed by atoms with Gasteiger partial charge in [-0.1, -0.05) is 42.5 Å². The Morgan fingerprint density at radius 2 is 1.95 bits per heavy atom. The molecule has 0 saturated heterocycles. The summed E-state index contributed by atoms with van der Waals surface area (Å²) < 4.78 is 5.23. The predicted molar refractivity (Wildman–Crippen MR) is 87.5 cm³/mol. The molecule has 4 heteroatoms. The Morgan fingerprint density at radius 3 is 2.60 bits per heavy atom. The van der Waals surface area contributed by atoms with Gasteiger partial charge in [0.05, 0.1) is 7.11 Å². The highest BCUT2D eigenvalue weighted by atomic mass is 32.1. The summed E-state index contributed by atoms with van der Waals surface area (Å²) in [5.74, 6) is 0.784. The average Bonchev–Trinajstić information content (AvgIpc) is 2.48. The summed E-state index contributed by atoms with van der Waals surface area (Å²) in [6.45, 7) is 0.812. The number of rotatable bonds is 6. The number of nitrogens with two attached hydrogens (primary N) is 1. The smallest absolute Gasteiger partial charge is 0.120 e. The number of hydrogen-bond donors (Lipinski definition) is 2. The molecule has 2 rings (SSSR count). The predicted octanol–water partition coefficient (Wildman–Crippen LogP) is 2.98. The molecular formula is C16H18N2OS. The van der Waals surface area contributed by atoms with Crippen LogP contribution in [0.15, 0.2) is 48.5 Å². The molecule has 2 aromatic rings. The number of thiocarbonyl (C=S) groups is 1. The Morgan fingerprint density at radius 1 is 1.20 bits per heavy atom. The van der Waals surface area contributed by atoms with Gasteiger partial charge < -0.3 is 15.8 Å². The van der Waals surface area contributed by atoms with Crippen molar-refractivity contribution in [2.75, 3.05) is 19.0 Å². The van der Waals surface area contributed by atoms with Crippen LogP contribution >= 0.6 is 12.2 Å². The number of hydrogen-bond acceptors (Lipinski definition) is 3. The van der Waals surface area contributed by atoms with Gasteiger partial charge in [-0.05, 0) is 24.1 Å². The van der Waals surface area contributed by atoms with Gasteiger partial charge >= 0.3 is 0 Å². The molecule has 3 N–H and O–H groups in total. The first-order chi connectivity index (χ1) is 9.70. The van der Waals surface area contributed by atoms with Crippen LogP contribution in [0.1, 0.15) is 11.1 Å². The fourth-order valence-corrected chi connectivity index (χ4v) is 2.18. The highest BCUT2D eigenvalue weighted by molar-refractivity contribution is 7.80. The molecule has 0 aromatic heterocycles. The van der Waals surface area contributed by atoms with Crippen LogP contribution in [0.5, 0.6) is 5.75 Å². The molecule has 0 bridgehead atoms. The maximum atomic E-state index is 5.74. The fourth-order valence-electron chi connectivity index (χ4n) is 2.00. The lowest BCUT2D eigenvalue weighted by Gasteiger charge is -2.13. The van der Waals surface area contributed by atoms with E-state index >= 15 is 0 Å². The zero-order valence-electron chi connectivity index (χ0n) is 11.4. The minimum absolute atomic E-state index is 0.384. The summed E-state index contributed by atoms with van der Waals surface area (Å²) in [7, 11) is 1.64. The Balaban J connectivity index is 2.06. The fraction of sp³-hybridized carbons (Fsp3) is 0.188.